The maximum atomic E-state index is 11.9. The Hall–Kier alpha value is -2.34. The highest BCUT2D eigenvalue weighted by molar-refractivity contribution is 7.80. The monoisotopic (exact) mass is 269 g/mol. The second kappa shape index (κ2) is 3.58. The van der Waals surface area contributed by atoms with Crippen LogP contribution in [-0.4, -0.2) is 14.4 Å². The zero-order valence-corrected chi connectivity index (χ0v) is 10.5. The number of para-hydroxylation sites is 1. The Morgan fingerprint density at radius 3 is 3.00 bits per heavy atom. The van der Waals surface area contributed by atoms with Crippen LogP contribution in [0, 0.1) is 0 Å². The summed E-state index contributed by atoms with van der Waals surface area (Å²) in [5.41, 5.74) is 1.58. The van der Waals surface area contributed by atoms with Gasteiger partial charge in [-0.25, -0.2) is 9.38 Å². The second-order valence-corrected chi connectivity index (χ2v) is 4.62. The lowest BCUT2D eigenvalue weighted by Gasteiger charge is -1.98. The third kappa shape index (κ3) is 1.34. The lowest BCUT2D eigenvalue weighted by Crippen LogP contribution is -2.09. The summed E-state index contributed by atoms with van der Waals surface area (Å²) in [4.78, 5) is 20.8. The molecule has 3 aromatic heterocycles. The third-order valence-corrected chi connectivity index (χ3v) is 3.38. The zero-order valence-electron chi connectivity index (χ0n) is 9.57. The van der Waals surface area contributed by atoms with Crippen molar-refractivity contribution in [1.82, 2.24) is 14.4 Å². The van der Waals surface area contributed by atoms with E-state index in [4.69, 9.17) is 4.42 Å². The first-order valence-electron chi connectivity index (χ1n) is 5.64. The molecule has 0 radical (unpaired) electrons. The molecular formula is C13H7N3O2S. The zero-order chi connectivity index (χ0) is 13.0. The molecule has 4 aromatic rings. The Morgan fingerprint density at radius 2 is 2.11 bits per heavy atom. The molecule has 0 unspecified atom stereocenters. The van der Waals surface area contributed by atoms with Gasteiger partial charge in [0.1, 0.15) is 0 Å². The van der Waals surface area contributed by atoms with E-state index < -0.39 is 0 Å². The van der Waals surface area contributed by atoms with Crippen molar-refractivity contribution in [3.63, 3.8) is 0 Å². The highest BCUT2D eigenvalue weighted by atomic mass is 32.1. The van der Waals surface area contributed by atoms with Gasteiger partial charge in [-0.15, -0.1) is 12.6 Å². The molecule has 4 rings (SSSR count). The van der Waals surface area contributed by atoms with Crippen LogP contribution >= 0.6 is 12.6 Å². The average Bonchev–Trinajstić information content (AvgIpc) is 2.79. The van der Waals surface area contributed by atoms with E-state index in [1.165, 1.54) is 0 Å². The predicted octanol–water partition coefficient (Wildman–Crippen LogP) is 2.28. The summed E-state index contributed by atoms with van der Waals surface area (Å²) >= 11 is 4.35. The van der Waals surface area contributed by atoms with Crippen LogP contribution in [0.15, 0.2) is 50.6 Å². The lowest BCUT2D eigenvalue weighted by molar-refractivity contribution is 0.629. The number of pyridine rings is 1. The van der Waals surface area contributed by atoms with Gasteiger partial charge in [-0.1, -0.05) is 6.07 Å². The van der Waals surface area contributed by atoms with Crippen molar-refractivity contribution < 1.29 is 4.42 Å². The normalized spacial score (nSPS) is 11.6. The lowest BCUT2D eigenvalue weighted by atomic mass is 10.3. The highest BCUT2D eigenvalue weighted by Crippen LogP contribution is 2.26. The van der Waals surface area contributed by atoms with Gasteiger partial charge < -0.3 is 4.42 Å². The molecule has 0 saturated carbocycles. The van der Waals surface area contributed by atoms with Gasteiger partial charge in [0.15, 0.2) is 11.2 Å². The molecule has 0 aliphatic heterocycles. The molecule has 0 atom stereocenters. The van der Waals surface area contributed by atoms with E-state index in [1.54, 1.807) is 22.7 Å². The smallest absolute Gasteiger partial charge is 0.311 e. The second-order valence-electron chi connectivity index (χ2n) is 4.14. The molecule has 6 heteroatoms. The molecule has 1 aromatic carbocycles. The molecule has 0 spiro atoms. The van der Waals surface area contributed by atoms with Crippen LogP contribution in [0.5, 0.6) is 0 Å². The Kier molecular flexibility index (Phi) is 1.99. The van der Waals surface area contributed by atoms with Crippen molar-refractivity contribution in [2.24, 2.45) is 0 Å². The van der Waals surface area contributed by atoms with Gasteiger partial charge in [0.05, 0.1) is 10.9 Å². The SMILES string of the molecule is O=c1nc2oc3c(S)cccc3n2c2ncccc12. The highest BCUT2D eigenvalue weighted by Gasteiger charge is 2.14. The fourth-order valence-electron chi connectivity index (χ4n) is 2.20. The molecule has 0 fully saturated rings. The standard InChI is InChI=1S/C13H7N3O2S/c17-12-7-3-2-6-14-11(7)16-8-4-1-5-9(19)10(8)18-13(16)15-12/h1-6,19H. The van der Waals surface area contributed by atoms with Crippen molar-refractivity contribution in [3.05, 3.63) is 46.9 Å². The quantitative estimate of drug-likeness (QED) is 0.497. The van der Waals surface area contributed by atoms with Crippen LogP contribution in [0.4, 0.5) is 0 Å². The molecule has 3 heterocycles. The first kappa shape index (κ1) is 10.6. The van der Waals surface area contributed by atoms with E-state index in [2.05, 4.69) is 22.6 Å². The molecule has 0 amide bonds. The number of aromatic nitrogens is 3. The van der Waals surface area contributed by atoms with E-state index >= 15 is 0 Å². The summed E-state index contributed by atoms with van der Waals surface area (Å²) in [5, 5.41) is 0.465. The minimum atomic E-state index is -0.345. The molecular weight excluding hydrogens is 262 g/mol. The Bertz CT molecular complexity index is 1000. The average molecular weight is 269 g/mol. The maximum absolute atomic E-state index is 11.9. The van der Waals surface area contributed by atoms with E-state index in [-0.39, 0.29) is 11.4 Å². The minimum Gasteiger partial charge on any atom is -0.422 e. The van der Waals surface area contributed by atoms with Crippen molar-refractivity contribution in [2.45, 2.75) is 4.90 Å². The largest absolute Gasteiger partial charge is 0.422 e. The van der Waals surface area contributed by atoms with Gasteiger partial charge in [0, 0.05) is 11.1 Å². The van der Waals surface area contributed by atoms with Gasteiger partial charge in [-0.05, 0) is 24.3 Å². The molecule has 5 nitrogen and oxygen atoms in total. The van der Waals surface area contributed by atoms with Gasteiger partial charge >= 0.3 is 5.84 Å². The predicted molar refractivity (Wildman–Crippen MR) is 73.8 cm³/mol. The van der Waals surface area contributed by atoms with Crippen LogP contribution in [-0.2, 0) is 0 Å². The third-order valence-electron chi connectivity index (χ3n) is 3.03. The number of thiol groups is 1. The summed E-state index contributed by atoms with van der Waals surface area (Å²) in [6.07, 6.45) is 1.64. The van der Waals surface area contributed by atoms with Crippen molar-refractivity contribution in [2.75, 3.05) is 0 Å². The first-order chi connectivity index (χ1) is 9.25. The number of benzene rings is 1. The van der Waals surface area contributed by atoms with Crippen LogP contribution in [0.2, 0.25) is 0 Å². The summed E-state index contributed by atoms with van der Waals surface area (Å²) in [6, 6.07) is 8.98. The molecule has 92 valence electrons. The number of oxazole rings is 1. The van der Waals surface area contributed by atoms with Crippen molar-refractivity contribution in [1.29, 1.82) is 0 Å². The Labute approximate surface area is 111 Å². The fraction of sp³-hybridized carbons (Fsp3) is 0. The van der Waals surface area contributed by atoms with Gasteiger partial charge in [0.25, 0.3) is 5.56 Å². The number of rotatable bonds is 0. The molecule has 0 aliphatic rings. The van der Waals surface area contributed by atoms with Crippen LogP contribution in [0.3, 0.4) is 0 Å². The molecule has 0 N–H and O–H groups in total. The van der Waals surface area contributed by atoms with Crippen molar-refractivity contribution >= 4 is 40.6 Å². The van der Waals surface area contributed by atoms with Crippen LogP contribution in [0.1, 0.15) is 0 Å². The van der Waals surface area contributed by atoms with E-state index in [1.807, 2.05) is 18.2 Å². The van der Waals surface area contributed by atoms with E-state index in [9.17, 15) is 4.79 Å². The van der Waals surface area contributed by atoms with Gasteiger partial charge in [-0.2, -0.15) is 4.98 Å². The van der Waals surface area contributed by atoms with Gasteiger partial charge in [0.2, 0.25) is 0 Å². The fourth-order valence-corrected chi connectivity index (χ4v) is 2.45. The summed E-state index contributed by atoms with van der Waals surface area (Å²) in [6.45, 7) is 0. The van der Waals surface area contributed by atoms with Crippen LogP contribution in [0.25, 0.3) is 28.0 Å². The van der Waals surface area contributed by atoms with E-state index in [0.29, 0.717) is 21.5 Å². The summed E-state index contributed by atoms with van der Waals surface area (Å²) < 4.78 is 7.34. The van der Waals surface area contributed by atoms with Crippen LogP contribution < -0.4 is 5.56 Å². The van der Waals surface area contributed by atoms with Gasteiger partial charge in [-0.3, -0.25) is 4.79 Å². The number of nitrogens with zero attached hydrogens (tertiary/aromatic N) is 3. The molecule has 0 bridgehead atoms. The summed E-state index contributed by atoms with van der Waals surface area (Å²) in [7, 11) is 0. The minimum absolute atomic E-state index is 0.229. The number of hydrogen-bond donors (Lipinski definition) is 1. The first-order valence-corrected chi connectivity index (χ1v) is 6.08. The molecule has 0 saturated heterocycles. The topological polar surface area (TPSA) is 60.4 Å². The number of hydrogen-bond acceptors (Lipinski definition) is 5. The Balaban J connectivity index is 2.42. The molecule has 19 heavy (non-hydrogen) atoms. The van der Waals surface area contributed by atoms with Crippen molar-refractivity contribution in [3.8, 4) is 0 Å². The Morgan fingerprint density at radius 1 is 1.21 bits per heavy atom. The maximum Gasteiger partial charge on any atom is 0.311 e. The van der Waals surface area contributed by atoms with E-state index in [0.717, 1.165) is 5.52 Å². The molecule has 0 aliphatic carbocycles. The number of fused-ring (bicyclic) bond motifs is 5. The summed E-state index contributed by atoms with van der Waals surface area (Å²) in [5.74, 6) is 0.229.